The van der Waals surface area contributed by atoms with Crippen LogP contribution in [-0.4, -0.2) is 38.3 Å². The zero-order valence-corrected chi connectivity index (χ0v) is 15.3. The largest absolute Gasteiger partial charge is 0.371 e. The number of anilines is 1. The monoisotopic (exact) mass is 366 g/mol. The number of hydrogen-bond acceptors (Lipinski definition) is 5. The first-order chi connectivity index (χ1) is 13.1. The fourth-order valence-electron chi connectivity index (χ4n) is 3.51. The topological polar surface area (TPSA) is 85.0 Å². The molecule has 1 aromatic carbocycles. The maximum Gasteiger partial charge on any atom is 0.264 e. The summed E-state index contributed by atoms with van der Waals surface area (Å²) >= 11 is 0. The Morgan fingerprint density at radius 1 is 1.22 bits per heavy atom. The fraction of sp³-hybridized carbons (Fsp3) is 0.368. The number of para-hydroxylation sites is 1. The SMILES string of the molecule is Cn1ncc2c(=O)n(CC(=O)NCc3ccccc3N3CCCC3)cnc21. The molecule has 1 amide bonds. The highest BCUT2D eigenvalue weighted by atomic mass is 16.2. The number of carbonyl (C=O) groups is 1. The van der Waals surface area contributed by atoms with E-state index in [1.54, 1.807) is 7.05 Å². The number of rotatable bonds is 5. The highest BCUT2D eigenvalue weighted by molar-refractivity contribution is 5.77. The summed E-state index contributed by atoms with van der Waals surface area (Å²) in [6.07, 6.45) is 5.27. The molecule has 1 aliphatic rings. The Balaban J connectivity index is 1.45. The highest BCUT2D eigenvalue weighted by Crippen LogP contribution is 2.24. The average Bonchev–Trinajstić information content (AvgIpc) is 3.33. The first kappa shape index (κ1) is 17.3. The number of fused-ring (bicyclic) bond motifs is 1. The van der Waals surface area contributed by atoms with E-state index in [1.165, 1.54) is 40.3 Å². The van der Waals surface area contributed by atoms with Gasteiger partial charge in [-0.15, -0.1) is 0 Å². The van der Waals surface area contributed by atoms with Crippen LogP contribution < -0.4 is 15.8 Å². The molecule has 1 saturated heterocycles. The van der Waals surface area contributed by atoms with Crippen molar-refractivity contribution >= 4 is 22.6 Å². The molecule has 27 heavy (non-hydrogen) atoms. The van der Waals surface area contributed by atoms with Gasteiger partial charge in [0.25, 0.3) is 5.56 Å². The van der Waals surface area contributed by atoms with Crippen molar-refractivity contribution < 1.29 is 4.79 Å². The third-order valence-corrected chi connectivity index (χ3v) is 4.95. The summed E-state index contributed by atoms with van der Waals surface area (Å²) in [5.74, 6) is -0.224. The molecule has 0 unspecified atom stereocenters. The Morgan fingerprint density at radius 3 is 2.81 bits per heavy atom. The molecule has 4 rings (SSSR count). The van der Waals surface area contributed by atoms with Crippen LogP contribution in [0.5, 0.6) is 0 Å². The summed E-state index contributed by atoms with van der Waals surface area (Å²) in [4.78, 5) is 31.4. The summed E-state index contributed by atoms with van der Waals surface area (Å²) in [5, 5.41) is 7.36. The molecule has 0 atom stereocenters. The van der Waals surface area contributed by atoms with Crippen LogP contribution in [0.15, 0.2) is 41.6 Å². The second-order valence-corrected chi connectivity index (χ2v) is 6.78. The number of benzene rings is 1. The summed E-state index contributed by atoms with van der Waals surface area (Å²) < 4.78 is 2.85. The first-order valence-electron chi connectivity index (χ1n) is 9.10. The molecule has 0 radical (unpaired) electrons. The van der Waals surface area contributed by atoms with Crippen LogP contribution in [0.3, 0.4) is 0 Å². The van der Waals surface area contributed by atoms with Crippen molar-refractivity contribution in [2.24, 2.45) is 7.05 Å². The Kier molecular flexibility index (Phi) is 4.62. The molecule has 1 N–H and O–H groups in total. The van der Waals surface area contributed by atoms with E-state index >= 15 is 0 Å². The van der Waals surface area contributed by atoms with E-state index in [1.807, 2.05) is 18.2 Å². The van der Waals surface area contributed by atoms with Gasteiger partial charge in [-0.3, -0.25) is 18.8 Å². The van der Waals surface area contributed by atoms with E-state index in [-0.39, 0.29) is 18.0 Å². The Morgan fingerprint density at radius 2 is 2.00 bits per heavy atom. The molecule has 140 valence electrons. The lowest BCUT2D eigenvalue weighted by atomic mass is 10.1. The minimum Gasteiger partial charge on any atom is -0.371 e. The molecule has 1 aliphatic heterocycles. The van der Waals surface area contributed by atoms with Crippen molar-refractivity contribution in [3.8, 4) is 0 Å². The zero-order chi connectivity index (χ0) is 18.8. The maximum absolute atomic E-state index is 12.5. The van der Waals surface area contributed by atoms with Gasteiger partial charge in [0, 0.05) is 32.4 Å². The van der Waals surface area contributed by atoms with Crippen molar-refractivity contribution in [1.82, 2.24) is 24.6 Å². The van der Waals surface area contributed by atoms with Crippen LogP contribution >= 0.6 is 0 Å². The van der Waals surface area contributed by atoms with Crippen molar-refractivity contribution in [3.63, 3.8) is 0 Å². The Labute approximate surface area is 156 Å². The number of aromatic nitrogens is 4. The number of amides is 1. The van der Waals surface area contributed by atoms with Crippen molar-refractivity contribution in [2.75, 3.05) is 18.0 Å². The first-order valence-corrected chi connectivity index (χ1v) is 9.10. The number of nitrogens with one attached hydrogen (secondary N) is 1. The van der Waals surface area contributed by atoms with Gasteiger partial charge < -0.3 is 10.2 Å². The molecule has 2 aromatic heterocycles. The average molecular weight is 366 g/mol. The van der Waals surface area contributed by atoms with Gasteiger partial charge in [-0.1, -0.05) is 18.2 Å². The molecule has 0 bridgehead atoms. The molecule has 0 saturated carbocycles. The third kappa shape index (κ3) is 3.42. The summed E-state index contributed by atoms with van der Waals surface area (Å²) in [6.45, 7) is 2.47. The lowest BCUT2D eigenvalue weighted by Crippen LogP contribution is -2.32. The van der Waals surface area contributed by atoms with E-state index in [9.17, 15) is 9.59 Å². The van der Waals surface area contributed by atoms with Gasteiger partial charge in [0.2, 0.25) is 5.91 Å². The number of hydrogen-bond donors (Lipinski definition) is 1. The van der Waals surface area contributed by atoms with Crippen LogP contribution in [0.4, 0.5) is 5.69 Å². The van der Waals surface area contributed by atoms with Crippen LogP contribution in [0, 0.1) is 0 Å². The molecule has 8 heteroatoms. The van der Waals surface area contributed by atoms with Gasteiger partial charge in [0.05, 0.1) is 6.20 Å². The third-order valence-electron chi connectivity index (χ3n) is 4.95. The fourth-order valence-corrected chi connectivity index (χ4v) is 3.51. The van der Waals surface area contributed by atoms with E-state index in [4.69, 9.17) is 0 Å². The predicted molar refractivity (Wildman–Crippen MR) is 103 cm³/mol. The van der Waals surface area contributed by atoms with Crippen LogP contribution in [-0.2, 0) is 24.9 Å². The van der Waals surface area contributed by atoms with Crippen LogP contribution in [0.25, 0.3) is 11.0 Å². The normalized spacial score (nSPS) is 14.0. The summed E-state index contributed by atoms with van der Waals surface area (Å²) in [5.41, 5.74) is 2.50. The second-order valence-electron chi connectivity index (χ2n) is 6.78. The predicted octanol–water partition coefficient (Wildman–Crippen LogP) is 1.05. The van der Waals surface area contributed by atoms with Gasteiger partial charge in [0.15, 0.2) is 5.65 Å². The maximum atomic E-state index is 12.5. The number of nitrogens with zero attached hydrogens (tertiary/aromatic N) is 5. The number of carbonyl (C=O) groups excluding carboxylic acids is 1. The van der Waals surface area contributed by atoms with E-state index in [0.717, 1.165) is 18.7 Å². The van der Waals surface area contributed by atoms with Crippen LogP contribution in [0.1, 0.15) is 18.4 Å². The van der Waals surface area contributed by atoms with Gasteiger partial charge in [-0.05, 0) is 24.5 Å². The van der Waals surface area contributed by atoms with Gasteiger partial charge in [-0.25, -0.2) is 4.98 Å². The number of aryl methyl sites for hydroxylation is 1. The van der Waals surface area contributed by atoms with Crippen molar-refractivity contribution in [2.45, 2.75) is 25.9 Å². The van der Waals surface area contributed by atoms with Crippen molar-refractivity contribution in [3.05, 3.63) is 52.7 Å². The smallest absolute Gasteiger partial charge is 0.264 e. The van der Waals surface area contributed by atoms with E-state index in [0.29, 0.717) is 17.6 Å². The highest BCUT2D eigenvalue weighted by Gasteiger charge is 2.16. The molecular weight excluding hydrogens is 344 g/mol. The Hall–Kier alpha value is -3.16. The molecule has 1 fully saturated rings. The van der Waals surface area contributed by atoms with Crippen molar-refractivity contribution in [1.29, 1.82) is 0 Å². The quantitative estimate of drug-likeness (QED) is 0.729. The minimum atomic E-state index is -0.263. The lowest BCUT2D eigenvalue weighted by molar-refractivity contribution is -0.121. The molecule has 8 nitrogen and oxygen atoms in total. The standard InChI is InChI=1S/C19H22N6O2/c1-23-18-15(11-22-23)19(27)25(13-21-18)12-17(26)20-10-14-6-2-3-7-16(14)24-8-4-5-9-24/h2-3,6-7,11,13H,4-5,8-10,12H2,1H3,(H,20,26). The molecule has 3 aromatic rings. The molecule has 3 heterocycles. The summed E-state index contributed by atoms with van der Waals surface area (Å²) in [7, 11) is 1.73. The molecular formula is C19H22N6O2. The molecule has 0 spiro atoms. The van der Waals surface area contributed by atoms with Crippen LogP contribution in [0.2, 0.25) is 0 Å². The zero-order valence-electron chi connectivity index (χ0n) is 15.3. The lowest BCUT2D eigenvalue weighted by Gasteiger charge is -2.21. The van der Waals surface area contributed by atoms with E-state index in [2.05, 4.69) is 26.4 Å². The van der Waals surface area contributed by atoms with Gasteiger partial charge >= 0.3 is 0 Å². The summed E-state index contributed by atoms with van der Waals surface area (Å²) in [6, 6.07) is 8.13. The molecule has 0 aliphatic carbocycles. The minimum absolute atomic E-state index is 0.0669. The van der Waals surface area contributed by atoms with E-state index < -0.39 is 0 Å². The van der Waals surface area contributed by atoms with Gasteiger partial charge in [0.1, 0.15) is 18.3 Å². The van der Waals surface area contributed by atoms with Gasteiger partial charge in [-0.2, -0.15) is 5.10 Å². The second kappa shape index (κ2) is 7.22. The Bertz CT molecular complexity index is 1030.